The van der Waals surface area contributed by atoms with Gasteiger partial charge in [-0.05, 0) is 42.9 Å². The van der Waals surface area contributed by atoms with E-state index in [1.165, 1.54) is 0 Å². The third-order valence-electron chi connectivity index (χ3n) is 4.47. The molecule has 0 aromatic heterocycles. The smallest absolute Gasteiger partial charge is 0.165 e. The van der Waals surface area contributed by atoms with E-state index >= 15 is 0 Å². The highest BCUT2D eigenvalue weighted by molar-refractivity contribution is 5.50. The van der Waals surface area contributed by atoms with Gasteiger partial charge in [0.2, 0.25) is 0 Å². The summed E-state index contributed by atoms with van der Waals surface area (Å²) < 4.78 is 25.2. The summed E-state index contributed by atoms with van der Waals surface area (Å²) in [4.78, 5) is 4.30. The molecule has 2 aromatic rings. The monoisotopic (exact) mass is 360 g/mol. The number of hydrogen-bond acceptors (Lipinski definition) is 4. The highest BCUT2D eigenvalue weighted by atomic mass is 19.1. The summed E-state index contributed by atoms with van der Waals surface area (Å²) in [7, 11) is 3.62. The summed E-state index contributed by atoms with van der Waals surface area (Å²) in [6.07, 6.45) is 0. The molecular weight excluding hydrogens is 331 g/mol. The fourth-order valence-corrected chi connectivity index (χ4v) is 2.80. The fraction of sp³-hybridized carbons (Fsp3) is 0.429. The van der Waals surface area contributed by atoms with Crippen LogP contribution in [0.3, 0.4) is 0 Å². The number of hydrogen-bond donors (Lipinski definition) is 0. The first kappa shape index (κ1) is 20.0. The maximum Gasteiger partial charge on any atom is 0.165 e. The van der Waals surface area contributed by atoms with Crippen molar-refractivity contribution in [1.82, 2.24) is 4.90 Å². The average Bonchev–Trinajstić information content (AvgIpc) is 2.66. The van der Waals surface area contributed by atoms with Gasteiger partial charge in [0.1, 0.15) is 12.4 Å². The second-order valence-electron chi connectivity index (χ2n) is 6.20. The van der Waals surface area contributed by atoms with Gasteiger partial charge in [0.15, 0.2) is 11.6 Å². The molecule has 0 aliphatic heterocycles. The van der Waals surface area contributed by atoms with Gasteiger partial charge in [-0.2, -0.15) is 0 Å². The van der Waals surface area contributed by atoms with Crippen molar-refractivity contribution in [3.8, 4) is 11.5 Å². The minimum atomic E-state index is -0.318. The molecule has 0 atom stereocenters. The van der Waals surface area contributed by atoms with Crippen molar-refractivity contribution in [1.29, 1.82) is 0 Å². The minimum Gasteiger partial charge on any atom is -0.497 e. The van der Waals surface area contributed by atoms with Crippen molar-refractivity contribution in [3.63, 3.8) is 0 Å². The van der Waals surface area contributed by atoms with Crippen LogP contribution in [0.15, 0.2) is 42.5 Å². The fourth-order valence-electron chi connectivity index (χ4n) is 2.80. The molecular formula is C21H29FN2O2. The van der Waals surface area contributed by atoms with Gasteiger partial charge >= 0.3 is 0 Å². The third kappa shape index (κ3) is 5.63. The molecule has 0 spiro atoms. The molecule has 2 aromatic carbocycles. The Labute approximate surface area is 156 Å². The molecule has 0 unspecified atom stereocenters. The highest BCUT2D eigenvalue weighted by Crippen LogP contribution is 2.23. The summed E-state index contributed by atoms with van der Waals surface area (Å²) >= 11 is 0. The largest absolute Gasteiger partial charge is 0.497 e. The normalized spacial score (nSPS) is 10.8. The van der Waals surface area contributed by atoms with Gasteiger partial charge in [-0.25, -0.2) is 4.39 Å². The van der Waals surface area contributed by atoms with Crippen LogP contribution in [-0.4, -0.2) is 45.3 Å². The Balaban J connectivity index is 1.95. The van der Waals surface area contributed by atoms with Crippen LogP contribution in [0, 0.1) is 5.82 Å². The van der Waals surface area contributed by atoms with Crippen molar-refractivity contribution >= 4 is 5.69 Å². The predicted molar refractivity (Wildman–Crippen MR) is 105 cm³/mol. The highest BCUT2D eigenvalue weighted by Gasteiger charge is 2.09. The maximum absolute atomic E-state index is 14.3. The van der Waals surface area contributed by atoms with Gasteiger partial charge in [-0.15, -0.1) is 0 Å². The molecule has 0 bridgehead atoms. The Morgan fingerprint density at radius 3 is 2.46 bits per heavy atom. The first-order valence-electron chi connectivity index (χ1n) is 9.06. The van der Waals surface area contributed by atoms with Crippen molar-refractivity contribution in [2.45, 2.75) is 20.4 Å². The van der Waals surface area contributed by atoms with Crippen molar-refractivity contribution in [2.24, 2.45) is 0 Å². The maximum atomic E-state index is 14.3. The quantitative estimate of drug-likeness (QED) is 0.634. The van der Waals surface area contributed by atoms with Crippen LogP contribution in [0.2, 0.25) is 0 Å². The first-order chi connectivity index (χ1) is 12.6. The zero-order chi connectivity index (χ0) is 18.9. The van der Waals surface area contributed by atoms with Gasteiger partial charge in [0.25, 0.3) is 0 Å². The molecule has 0 amide bonds. The van der Waals surface area contributed by atoms with Crippen LogP contribution >= 0.6 is 0 Å². The zero-order valence-electron chi connectivity index (χ0n) is 16.2. The molecule has 0 heterocycles. The van der Waals surface area contributed by atoms with E-state index in [0.29, 0.717) is 18.9 Å². The molecule has 0 saturated heterocycles. The van der Waals surface area contributed by atoms with Gasteiger partial charge in [0.05, 0.1) is 7.11 Å². The number of nitrogens with zero attached hydrogens (tertiary/aromatic N) is 2. The van der Waals surface area contributed by atoms with E-state index < -0.39 is 0 Å². The van der Waals surface area contributed by atoms with Gasteiger partial charge < -0.3 is 19.3 Å². The lowest BCUT2D eigenvalue weighted by Crippen LogP contribution is -2.28. The molecule has 5 heteroatoms. The summed E-state index contributed by atoms with van der Waals surface area (Å²) in [5, 5.41) is 0. The van der Waals surface area contributed by atoms with Crippen LogP contribution in [-0.2, 0) is 6.54 Å². The lowest BCUT2D eigenvalue weighted by Gasteiger charge is -2.21. The van der Waals surface area contributed by atoms with E-state index in [9.17, 15) is 4.39 Å². The van der Waals surface area contributed by atoms with Gasteiger partial charge in [0, 0.05) is 31.9 Å². The summed E-state index contributed by atoms with van der Waals surface area (Å²) in [5.74, 6) is 0.795. The number of likely N-dealkylation sites (N-methyl/N-ethyl adjacent to an activating group) is 1. The number of anilines is 1. The Morgan fingerprint density at radius 2 is 1.81 bits per heavy atom. The molecule has 142 valence electrons. The second-order valence-corrected chi connectivity index (χ2v) is 6.20. The molecule has 0 aliphatic carbocycles. The van der Waals surface area contributed by atoms with E-state index in [4.69, 9.17) is 9.47 Å². The standard InChI is InChI=1S/C21H29FN2O2/c1-5-24(6-2)12-13-26-21-11-10-17(14-20(21)22)16-23(3)18-8-7-9-19(15-18)25-4/h7-11,14-15H,5-6,12-13,16H2,1-4H3. The summed E-state index contributed by atoms with van der Waals surface area (Å²) in [6.45, 7) is 8.05. The predicted octanol–water partition coefficient (Wildman–Crippen LogP) is 4.19. The summed E-state index contributed by atoms with van der Waals surface area (Å²) in [5.41, 5.74) is 1.91. The van der Waals surface area contributed by atoms with E-state index in [2.05, 4.69) is 23.6 Å². The van der Waals surface area contributed by atoms with Crippen LogP contribution in [0.25, 0.3) is 0 Å². The number of ether oxygens (including phenoxy) is 2. The molecule has 0 N–H and O–H groups in total. The van der Waals surface area contributed by atoms with Crippen LogP contribution in [0.5, 0.6) is 11.5 Å². The molecule has 0 saturated carbocycles. The van der Waals surface area contributed by atoms with Gasteiger partial charge in [-0.3, -0.25) is 0 Å². The minimum absolute atomic E-state index is 0.310. The topological polar surface area (TPSA) is 24.9 Å². The van der Waals surface area contributed by atoms with Crippen molar-refractivity contribution in [3.05, 3.63) is 53.8 Å². The Morgan fingerprint density at radius 1 is 1.04 bits per heavy atom. The second kappa shape index (κ2) is 10.0. The third-order valence-corrected chi connectivity index (χ3v) is 4.47. The SMILES string of the molecule is CCN(CC)CCOc1ccc(CN(C)c2cccc(OC)c2)cc1F. The molecule has 4 nitrogen and oxygen atoms in total. The van der Waals surface area contributed by atoms with Crippen LogP contribution in [0.1, 0.15) is 19.4 Å². The number of methoxy groups -OCH3 is 1. The van der Waals surface area contributed by atoms with E-state index in [0.717, 1.165) is 36.6 Å². The Kier molecular flexibility index (Phi) is 7.73. The zero-order valence-corrected chi connectivity index (χ0v) is 16.2. The Bertz CT molecular complexity index is 689. The average molecular weight is 360 g/mol. The van der Waals surface area contributed by atoms with E-state index in [-0.39, 0.29) is 5.82 Å². The summed E-state index contributed by atoms with van der Waals surface area (Å²) in [6, 6.07) is 13.0. The van der Waals surface area contributed by atoms with Crippen molar-refractivity contribution < 1.29 is 13.9 Å². The van der Waals surface area contributed by atoms with Crippen molar-refractivity contribution in [2.75, 3.05) is 45.3 Å². The Hall–Kier alpha value is -2.27. The van der Waals surface area contributed by atoms with Crippen LogP contribution < -0.4 is 14.4 Å². The molecule has 0 radical (unpaired) electrons. The van der Waals surface area contributed by atoms with E-state index in [1.807, 2.05) is 37.4 Å². The number of benzene rings is 2. The number of halogens is 1. The molecule has 0 fully saturated rings. The van der Waals surface area contributed by atoms with E-state index in [1.54, 1.807) is 19.2 Å². The first-order valence-corrected chi connectivity index (χ1v) is 9.06. The van der Waals surface area contributed by atoms with Gasteiger partial charge in [-0.1, -0.05) is 26.0 Å². The van der Waals surface area contributed by atoms with Crippen LogP contribution in [0.4, 0.5) is 10.1 Å². The number of rotatable bonds is 10. The lowest BCUT2D eigenvalue weighted by atomic mass is 10.2. The molecule has 26 heavy (non-hydrogen) atoms. The molecule has 0 aliphatic rings. The lowest BCUT2D eigenvalue weighted by molar-refractivity contribution is 0.217. The molecule has 2 rings (SSSR count).